The number of anilines is 1. The lowest BCUT2D eigenvalue weighted by Gasteiger charge is -2.21. The van der Waals surface area contributed by atoms with E-state index in [9.17, 15) is 4.79 Å². The maximum Gasteiger partial charge on any atom is 0.325 e. The number of para-hydroxylation sites is 1. The molecule has 1 aromatic rings. The first-order valence-electron chi connectivity index (χ1n) is 4.64. The van der Waals surface area contributed by atoms with Crippen molar-refractivity contribution in [2.75, 3.05) is 25.1 Å². The Balaban J connectivity index is 2.68. The summed E-state index contributed by atoms with van der Waals surface area (Å²) in [5, 5.41) is 0. The summed E-state index contributed by atoms with van der Waals surface area (Å²) in [6, 6.07) is 9.82. The summed E-state index contributed by atoms with van der Waals surface area (Å²) in [7, 11) is 1.40. The van der Waals surface area contributed by atoms with Crippen LogP contribution in [0, 0.1) is 0 Å². The molecule has 0 bridgehead atoms. The number of carbonyl (C=O) groups excluding carboxylic acids is 1. The highest BCUT2D eigenvalue weighted by Crippen LogP contribution is 2.12. The van der Waals surface area contributed by atoms with E-state index < -0.39 is 0 Å². The maximum atomic E-state index is 11.1. The Kier molecular flexibility index (Phi) is 3.98. The fourth-order valence-corrected chi connectivity index (χ4v) is 1.24. The van der Waals surface area contributed by atoms with Gasteiger partial charge < -0.3 is 9.64 Å². The van der Waals surface area contributed by atoms with Gasteiger partial charge in [-0.25, -0.2) is 0 Å². The second kappa shape index (κ2) is 5.27. The van der Waals surface area contributed by atoms with Gasteiger partial charge in [0.1, 0.15) is 6.54 Å². The molecular formula is C11H15NO2. The van der Waals surface area contributed by atoms with Gasteiger partial charge in [0.15, 0.2) is 0 Å². The fraction of sp³-hybridized carbons (Fsp3) is 0.364. The lowest BCUT2D eigenvalue weighted by atomic mass is 10.3. The van der Waals surface area contributed by atoms with E-state index in [-0.39, 0.29) is 5.97 Å². The van der Waals surface area contributed by atoms with Crippen LogP contribution in [0.5, 0.6) is 0 Å². The van der Waals surface area contributed by atoms with E-state index in [1.54, 1.807) is 0 Å². The molecule has 76 valence electrons. The molecule has 0 saturated heterocycles. The third-order valence-corrected chi connectivity index (χ3v) is 2.05. The predicted molar refractivity (Wildman–Crippen MR) is 56.3 cm³/mol. The zero-order chi connectivity index (χ0) is 10.4. The number of hydrogen-bond donors (Lipinski definition) is 0. The number of hydrogen-bond acceptors (Lipinski definition) is 3. The van der Waals surface area contributed by atoms with Crippen LogP contribution in [-0.2, 0) is 9.53 Å². The van der Waals surface area contributed by atoms with E-state index in [2.05, 4.69) is 4.74 Å². The number of esters is 1. The molecule has 0 saturated carbocycles. The number of likely N-dealkylation sites (N-methyl/N-ethyl adjacent to an activating group) is 1. The summed E-state index contributed by atoms with van der Waals surface area (Å²) in [6.07, 6.45) is 0. The standard InChI is InChI=1S/C11H15NO2/c1-3-12(9-11(13)14-2)10-7-5-4-6-8-10/h4-8H,3,9H2,1-2H3. The quantitative estimate of drug-likeness (QED) is 0.681. The van der Waals surface area contributed by atoms with Gasteiger partial charge in [-0.2, -0.15) is 0 Å². The summed E-state index contributed by atoms with van der Waals surface area (Å²) >= 11 is 0. The Morgan fingerprint density at radius 1 is 1.36 bits per heavy atom. The van der Waals surface area contributed by atoms with Gasteiger partial charge in [-0.15, -0.1) is 0 Å². The van der Waals surface area contributed by atoms with Gasteiger partial charge in [0.2, 0.25) is 0 Å². The van der Waals surface area contributed by atoms with Crippen LogP contribution in [0.1, 0.15) is 6.92 Å². The molecule has 0 heterocycles. The van der Waals surface area contributed by atoms with Gasteiger partial charge in [0, 0.05) is 12.2 Å². The minimum Gasteiger partial charge on any atom is -0.468 e. The Morgan fingerprint density at radius 3 is 2.50 bits per heavy atom. The molecule has 0 aromatic heterocycles. The van der Waals surface area contributed by atoms with E-state index in [1.807, 2.05) is 42.2 Å². The number of benzene rings is 1. The van der Waals surface area contributed by atoms with Crippen LogP contribution >= 0.6 is 0 Å². The first kappa shape index (κ1) is 10.6. The Labute approximate surface area is 84.3 Å². The molecule has 0 aliphatic heterocycles. The van der Waals surface area contributed by atoms with E-state index in [0.717, 1.165) is 12.2 Å². The Bertz CT molecular complexity index is 285. The molecular weight excluding hydrogens is 178 g/mol. The van der Waals surface area contributed by atoms with Crippen molar-refractivity contribution in [2.24, 2.45) is 0 Å². The van der Waals surface area contributed by atoms with Crippen molar-refractivity contribution in [3.8, 4) is 0 Å². The van der Waals surface area contributed by atoms with Gasteiger partial charge in [0.25, 0.3) is 0 Å². The number of methoxy groups -OCH3 is 1. The van der Waals surface area contributed by atoms with Crippen LogP contribution in [0.4, 0.5) is 5.69 Å². The van der Waals surface area contributed by atoms with Gasteiger partial charge in [0.05, 0.1) is 7.11 Å². The first-order chi connectivity index (χ1) is 6.77. The second-order valence-corrected chi connectivity index (χ2v) is 2.93. The number of ether oxygens (including phenoxy) is 1. The monoisotopic (exact) mass is 193 g/mol. The Hall–Kier alpha value is -1.51. The van der Waals surface area contributed by atoms with E-state index in [1.165, 1.54) is 7.11 Å². The van der Waals surface area contributed by atoms with Crippen LogP contribution in [0.3, 0.4) is 0 Å². The lowest BCUT2D eigenvalue weighted by Crippen LogP contribution is -2.30. The van der Waals surface area contributed by atoms with Crippen LogP contribution in [0.2, 0.25) is 0 Å². The fourth-order valence-electron chi connectivity index (χ4n) is 1.24. The van der Waals surface area contributed by atoms with Gasteiger partial charge in [-0.05, 0) is 19.1 Å². The highest BCUT2D eigenvalue weighted by atomic mass is 16.5. The third-order valence-electron chi connectivity index (χ3n) is 2.05. The molecule has 14 heavy (non-hydrogen) atoms. The molecule has 0 unspecified atom stereocenters. The molecule has 0 N–H and O–H groups in total. The summed E-state index contributed by atoms with van der Waals surface area (Å²) in [5.41, 5.74) is 1.04. The van der Waals surface area contributed by atoms with Crippen molar-refractivity contribution in [1.82, 2.24) is 0 Å². The maximum absolute atomic E-state index is 11.1. The average Bonchev–Trinajstić information content (AvgIpc) is 2.26. The summed E-state index contributed by atoms with van der Waals surface area (Å²) in [5.74, 6) is -0.212. The smallest absolute Gasteiger partial charge is 0.325 e. The van der Waals surface area contributed by atoms with E-state index in [0.29, 0.717) is 6.54 Å². The molecule has 1 aromatic carbocycles. The van der Waals surface area contributed by atoms with Gasteiger partial charge >= 0.3 is 5.97 Å². The van der Waals surface area contributed by atoms with E-state index >= 15 is 0 Å². The molecule has 0 spiro atoms. The van der Waals surface area contributed by atoms with Crippen LogP contribution in [0.25, 0.3) is 0 Å². The molecule has 3 heteroatoms. The summed E-state index contributed by atoms with van der Waals surface area (Å²) in [4.78, 5) is 13.1. The highest BCUT2D eigenvalue weighted by molar-refractivity contribution is 5.75. The van der Waals surface area contributed by atoms with Gasteiger partial charge in [-0.3, -0.25) is 4.79 Å². The SMILES string of the molecule is CCN(CC(=O)OC)c1ccccc1. The number of rotatable bonds is 4. The third kappa shape index (κ3) is 2.76. The summed E-state index contributed by atoms with van der Waals surface area (Å²) in [6.45, 7) is 3.10. The molecule has 3 nitrogen and oxygen atoms in total. The minimum atomic E-state index is -0.212. The van der Waals surface area contributed by atoms with Crippen LogP contribution in [-0.4, -0.2) is 26.2 Å². The van der Waals surface area contributed by atoms with Crippen molar-refractivity contribution < 1.29 is 9.53 Å². The molecule has 0 radical (unpaired) electrons. The number of carbonyl (C=O) groups is 1. The van der Waals surface area contributed by atoms with Gasteiger partial charge in [-0.1, -0.05) is 18.2 Å². The van der Waals surface area contributed by atoms with Crippen molar-refractivity contribution in [3.63, 3.8) is 0 Å². The molecule has 0 fully saturated rings. The predicted octanol–water partition coefficient (Wildman–Crippen LogP) is 1.69. The number of nitrogens with zero attached hydrogens (tertiary/aromatic N) is 1. The molecule has 1 rings (SSSR count). The van der Waals surface area contributed by atoms with Crippen molar-refractivity contribution in [2.45, 2.75) is 6.92 Å². The highest BCUT2D eigenvalue weighted by Gasteiger charge is 2.08. The minimum absolute atomic E-state index is 0.212. The molecule has 0 aliphatic carbocycles. The lowest BCUT2D eigenvalue weighted by molar-refractivity contribution is -0.138. The molecule has 0 atom stereocenters. The van der Waals surface area contributed by atoms with Crippen molar-refractivity contribution in [1.29, 1.82) is 0 Å². The topological polar surface area (TPSA) is 29.5 Å². The zero-order valence-electron chi connectivity index (χ0n) is 8.56. The van der Waals surface area contributed by atoms with Crippen molar-refractivity contribution in [3.05, 3.63) is 30.3 Å². The molecule has 0 aliphatic rings. The zero-order valence-corrected chi connectivity index (χ0v) is 8.56. The van der Waals surface area contributed by atoms with Crippen molar-refractivity contribution >= 4 is 11.7 Å². The largest absolute Gasteiger partial charge is 0.468 e. The normalized spacial score (nSPS) is 9.57. The summed E-state index contributed by atoms with van der Waals surface area (Å²) < 4.78 is 4.62. The van der Waals surface area contributed by atoms with Crippen LogP contribution < -0.4 is 4.90 Å². The first-order valence-corrected chi connectivity index (χ1v) is 4.64. The average molecular weight is 193 g/mol. The van der Waals surface area contributed by atoms with E-state index in [4.69, 9.17) is 0 Å². The molecule has 0 amide bonds. The second-order valence-electron chi connectivity index (χ2n) is 2.93. The van der Waals surface area contributed by atoms with Crippen LogP contribution in [0.15, 0.2) is 30.3 Å². The Morgan fingerprint density at radius 2 is 2.00 bits per heavy atom.